The van der Waals surface area contributed by atoms with Crippen LogP contribution in [0, 0.1) is 5.92 Å². The van der Waals surface area contributed by atoms with E-state index in [-0.39, 0.29) is 0 Å². The van der Waals surface area contributed by atoms with Gasteiger partial charge in [0.15, 0.2) is 0 Å². The molecule has 0 unspecified atom stereocenters. The molecule has 0 rings (SSSR count). The van der Waals surface area contributed by atoms with Gasteiger partial charge >= 0.3 is 0 Å². The average Bonchev–Trinajstić information content (AvgIpc) is 2.39. The molecule has 0 aromatic carbocycles. The minimum Gasteiger partial charge on any atom is -0.315 e. The topological polar surface area (TPSA) is 46.2 Å². The van der Waals surface area contributed by atoms with Crippen molar-refractivity contribution in [1.29, 1.82) is 0 Å². The highest BCUT2D eigenvalue weighted by atomic mass is 17.8. The van der Waals surface area contributed by atoms with Crippen molar-refractivity contribution in [3.8, 4) is 0 Å². The predicted molar refractivity (Wildman–Crippen MR) is 72.3 cm³/mol. The highest BCUT2D eigenvalue weighted by Gasteiger charge is 1.96. The van der Waals surface area contributed by atoms with Crippen LogP contribution in [-0.4, -0.2) is 6.61 Å². The summed E-state index contributed by atoms with van der Waals surface area (Å²) in [6, 6.07) is 0. The quantitative estimate of drug-likeness (QED) is 0.188. The lowest BCUT2D eigenvalue weighted by molar-refractivity contribution is -0.700. The van der Waals surface area contributed by atoms with Crippen molar-refractivity contribution in [2.45, 2.75) is 65.2 Å². The van der Waals surface area contributed by atoms with Crippen molar-refractivity contribution in [2.75, 3.05) is 6.61 Å². The van der Waals surface area contributed by atoms with Crippen LogP contribution in [0.15, 0.2) is 12.8 Å². The molecule has 0 atom stereocenters. The first kappa shape index (κ1) is 18.4. The van der Waals surface area contributed by atoms with Gasteiger partial charge in [0.05, 0.1) is 6.61 Å². The van der Waals surface area contributed by atoms with Crippen LogP contribution in [0.5, 0.6) is 0 Å². The van der Waals surface area contributed by atoms with Gasteiger partial charge in [-0.05, 0) is 17.4 Å². The van der Waals surface area contributed by atoms with E-state index in [0.29, 0.717) is 6.61 Å². The maximum absolute atomic E-state index is 4.69. The first-order valence-electron chi connectivity index (χ1n) is 7.16. The molecule has 5 nitrogen and oxygen atoms in total. The summed E-state index contributed by atoms with van der Waals surface area (Å²) in [6.07, 6.45) is 11.1. The van der Waals surface area contributed by atoms with Crippen LogP contribution in [0.25, 0.3) is 0 Å². The Morgan fingerprint density at radius 1 is 0.842 bits per heavy atom. The monoisotopic (exact) mass is 276 g/mol. The molecule has 0 aromatic rings. The van der Waals surface area contributed by atoms with E-state index in [1.54, 1.807) is 0 Å². The van der Waals surface area contributed by atoms with Gasteiger partial charge in [-0.1, -0.05) is 65.4 Å². The zero-order chi connectivity index (χ0) is 14.2. The maximum Gasteiger partial charge on any atom is 0.125 e. The standard InChI is InChI=1S/C14H28O5/c1-4-15-17-19-18-16-13-11-9-7-5-6-8-10-12-14(2)3/h4,14H,1,5-13H2,2-3H3. The van der Waals surface area contributed by atoms with Crippen molar-refractivity contribution in [1.82, 2.24) is 0 Å². The molecule has 0 aliphatic heterocycles. The number of hydrogen-bond acceptors (Lipinski definition) is 5. The van der Waals surface area contributed by atoms with E-state index in [0.717, 1.165) is 25.0 Å². The number of rotatable bonds is 15. The van der Waals surface area contributed by atoms with Crippen LogP contribution in [0.4, 0.5) is 0 Å². The normalized spacial score (nSPS) is 10.9. The fraction of sp³-hybridized carbons (Fsp3) is 0.857. The van der Waals surface area contributed by atoms with Gasteiger partial charge in [0.1, 0.15) is 6.26 Å². The second kappa shape index (κ2) is 15.4. The van der Waals surface area contributed by atoms with E-state index in [2.05, 4.69) is 40.4 Å². The minimum absolute atomic E-state index is 0.477. The molecule has 0 amide bonds. The molecule has 0 N–H and O–H groups in total. The molecular formula is C14H28O5. The third kappa shape index (κ3) is 17.4. The van der Waals surface area contributed by atoms with Gasteiger partial charge in [-0.15, -0.1) is 0 Å². The zero-order valence-electron chi connectivity index (χ0n) is 12.3. The molecule has 0 heterocycles. The Balaban J connectivity index is 2.93. The molecule has 5 heteroatoms. The Bertz CT molecular complexity index is 185. The summed E-state index contributed by atoms with van der Waals surface area (Å²) in [4.78, 5) is 8.87. The summed E-state index contributed by atoms with van der Waals surface area (Å²) in [5, 5.41) is 12.3. The molecule has 114 valence electrons. The highest BCUT2D eigenvalue weighted by molar-refractivity contribution is 4.49. The third-order valence-electron chi connectivity index (χ3n) is 2.72. The van der Waals surface area contributed by atoms with Gasteiger partial charge in [-0.3, -0.25) is 0 Å². The lowest BCUT2D eigenvalue weighted by atomic mass is 10.0. The van der Waals surface area contributed by atoms with E-state index >= 15 is 0 Å². The SMILES string of the molecule is C=COOOOOCCCCCCCCCC(C)C. The van der Waals surface area contributed by atoms with Crippen LogP contribution in [0.3, 0.4) is 0 Å². The fourth-order valence-corrected chi connectivity index (χ4v) is 1.71. The number of unbranched alkanes of at least 4 members (excludes halogenated alkanes) is 6. The number of hydrogen-bond donors (Lipinski definition) is 0. The summed E-state index contributed by atoms with van der Waals surface area (Å²) in [7, 11) is 0. The second-order valence-corrected chi connectivity index (χ2v) is 4.95. The van der Waals surface area contributed by atoms with Gasteiger partial charge in [0.2, 0.25) is 0 Å². The van der Waals surface area contributed by atoms with Crippen LogP contribution >= 0.6 is 0 Å². The van der Waals surface area contributed by atoms with Gasteiger partial charge in [0.25, 0.3) is 0 Å². The Hall–Kier alpha value is -0.620. The van der Waals surface area contributed by atoms with Crippen molar-refractivity contribution < 1.29 is 24.9 Å². The van der Waals surface area contributed by atoms with Gasteiger partial charge in [0, 0.05) is 10.1 Å². The summed E-state index contributed by atoms with van der Waals surface area (Å²) in [6.45, 7) is 8.27. The Morgan fingerprint density at radius 2 is 1.47 bits per heavy atom. The zero-order valence-corrected chi connectivity index (χ0v) is 12.3. The molecule has 0 radical (unpaired) electrons. The minimum atomic E-state index is 0.477. The highest BCUT2D eigenvalue weighted by Crippen LogP contribution is 2.11. The molecule has 0 fully saturated rings. The molecular weight excluding hydrogens is 248 g/mol. The van der Waals surface area contributed by atoms with Gasteiger partial charge < -0.3 is 4.89 Å². The molecule has 0 saturated carbocycles. The van der Waals surface area contributed by atoms with E-state index in [1.165, 1.54) is 38.5 Å². The summed E-state index contributed by atoms with van der Waals surface area (Å²) in [5.41, 5.74) is 0. The predicted octanol–water partition coefficient (Wildman–Crippen LogP) is 4.65. The van der Waals surface area contributed by atoms with Gasteiger partial charge in [-0.25, -0.2) is 4.89 Å². The Kier molecular flexibility index (Phi) is 14.9. The smallest absolute Gasteiger partial charge is 0.125 e. The Morgan fingerprint density at radius 3 is 2.11 bits per heavy atom. The van der Waals surface area contributed by atoms with Crippen molar-refractivity contribution in [2.24, 2.45) is 5.92 Å². The Labute approximate surface area is 116 Å². The first-order chi connectivity index (χ1) is 9.27. The molecule has 0 aliphatic carbocycles. The molecule has 0 aromatic heterocycles. The molecule has 19 heavy (non-hydrogen) atoms. The van der Waals surface area contributed by atoms with E-state index in [1.807, 2.05) is 0 Å². The van der Waals surface area contributed by atoms with Crippen LogP contribution in [0.2, 0.25) is 0 Å². The summed E-state index contributed by atoms with van der Waals surface area (Å²) < 4.78 is 0. The molecule has 0 saturated heterocycles. The molecule has 0 bridgehead atoms. The van der Waals surface area contributed by atoms with Crippen molar-refractivity contribution in [3.05, 3.63) is 12.8 Å². The maximum atomic E-state index is 4.69. The van der Waals surface area contributed by atoms with Gasteiger partial charge in [-0.2, -0.15) is 0 Å². The average molecular weight is 276 g/mol. The van der Waals surface area contributed by atoms with Crippen LogP contribution in [-0.2, 0) is 24.9 Å². The molecule has 0 spiro atoms. The first-order valence-corrected chi connectivity index (χ1v) is 7.16. The third-order valence-corrected chi connectivity index (χ3v) is 2.72. The largest absolute Gasteiger partial charge is 0.315 e. The lowest BCUT2D eigenvalue weighted by Crippen LogP contribution is -1.99. The van der Waals surface area contributed by atoms with E-state index in [9.17, 15) is 0 Å². The van der Waals surface area contributed by atoms with Crippen molar-refractivity contribution >= 4 is 0 Å². The lowest BCUT2D eigenvalue weighted by Gasteiger charge is -2.04. The van der Waals surface area contributed by atoms with E-state index < -0.39 is 0 Å². The fourth-order valence-electron chi connectivity index (χ4n) is 1.71. The van der Waals surface area contributed by atoms with Crippen LogP contribution in [0.1, 0.15) is 65.2 Å². The summed E-state index contributed by atoms with van der Waals surface area (Å²) >= 11 is 0. The second-order valence-electron chi connectivity index (χ2n) is 4.95. The van der Waals surface area contributed by atoms with E-state index in [4.69, 9.17) is 4.89 Å². The van der Waals surface area contributed by atoms with Crippen molar-refractivity contribution in [3.63, 3.8) is 0 Å². The van der Waals surface area contributed by atoms with Crippen LogP contribution < -0.4 is 0 Å². The summed E-state index contributed by atoms with van der Waals surface area (Å²) in [5.74, 6) is 0.834. The molecule has 0 aliphatic rings.